The molecule has 1 aromatic carbocycles. The monoisotopic (exact) mass is 273 g/mol. The molecule has 5 heteroatoms. The third kappa shape index (κ3) is 1.66. The van der Waals surface area contributed by atoms with Crippen molar-refractivity contribution in [1.82, 2.24) is 0 Å². The number of fused-ring (bicyclic) bond motifs is 1. The normalized spacial score (nSPS) is 14.4. The van der Waals surface area contributed by atoms with E-state index in [1.54, 1.807) is 6.07 Å². The number of phenolic OH excluding ortho intramolecular Hbond substituents is 1. The maximum Gasteiger partial charge on any atom is 0.231 e. The molecule has 0 bridgehead atoms. The van der Waals surface area contributed by atoms with Gasteiger partial charge in [-0.15, -0.1) is 0 Å². The van der Waals surface area contributed by atoms with E-state index in [1.165, 1.54) is 0 Å². The minimum atomic E-state index is -0.631. The van der Waals surface area contributed by atoms with E-state index in [-0.39, 0.29) is 12.5 Å². The number of hydrogen-bond donors (Lipinski definition) is 2. The summed E-state index contributed by atoms with van der Waals surface area (Å²) in [6, 6.07) is 1.71. The van der Waals surface area contributed by atoms with Crippen molar-refractivity contribution in [2.75, 3.05) is 6.79 Å². The first kappa shape index (κ1) is 10.6. The van der Waals surface area contributed by atoms with E-state index in [9.17, 15) is 5.11 Å². The molecule has 1 aromatic rings. The van der Waals surface area contributed by atoms with Crippen molar-refractivity contribution in [2.45, 2.75) is 19.4 Å². The number of rotatable bonds is 1. The minimum Gasteiger partial charge on any atom is -0.506 e. The van der Waals surface area contributed by atoms with Gasteiger partial charge in [0.25, 0.3) is 0 Å². The second-order valence-electron chi connectivity index (χ2n) is 4.04. The molecule has 4 nitrogen and oxygen atoms in total. The first-order valence-electron chi connectivity index (χ1n) is 4.51. The summed E-state index contributed by atoms with van der Waals surface area (Å²) < 4.78 is 11.0. The number of aromatic hydroxyl groups is 1. The molecule has 0 aromatic heterocycles. The van der Waals surface area contributed by atoms with Crippen molar-refractivity contribution >= 4 is 15.9 Å². The molecule has 3 N–H and O–H groups in total. The van der Waals surface area contributed by atoms with Crippen LogP contribution in [0.2, 0.25) is 0 Å². The Bertz CT molecular complexity index is 412. The number of nitrogens with two attached hydrogens (primary N) is 1. The lowest BCUT2D eigenvalue weighted by atomic mass is 9.94. The smallest absolute Gasteiger partial charge is 0.231 e. The van der Waals surface area contributed by atoms with Crippen LogP contribution in [0.3, 0.4) is 0 Å². The summed E-state index contributed by atoms with van der Waals surface area (Å²) in [6.07, 6.45) is 0. The molecule has 0 radical (unpaired) electrons. The van der Waals surface area contributed by atoms with E-state index >= 15 is 0 Å². The fourth-order valence-corrected chi connectivity index (χ4v) is 2.01. The SMILES string of the molecule is CC(C)(N)c1cc2c(c(Br)c1O)OCO2. The Labute approximate surface area is 96.1 Å². The van der Waals surface area contributed by atoms with E-state index in [0.29, 0.717) is 21.5 Å². The molecule has 0 unspecified atom stereocenters. The molecule has 1 aliphatic heterocycles. The summed E-state index contributed by atoms with van der Waals surface area (Å²) >= 11 is 3.26. The topological polar surface area (TPSA) is 64.7 Å². The maximum absolute atomic E-state index is 9.93. The third-order valence-corrected chi connectivity index (χ3v) is 3.01. The number of halogens is 1. The fourth-order valence-electron chi connectivity index (χ4n) is 1.48. The van der Waals surface area contributed by atoms with Gasteiger partial charge in [-0.1, -0.05) is 0 Å². The molecule has 15 heavy (non-hydrogen) atoms. The van der Waals surface area contributed by atoms with Crippen LogP contribution in [-0.4, -0.2) is 11.9 Å². The molecule has 0 aliphatic carbocycles. The highest BCUT2D eigenvalue weighted by Gasteiger charge is 2.28. The standard InChI is InChI=1S/C10H12BrNO3/c1-10(2,12)5-3-6-9(15-4-14-6)7(11)8(5)13/h3,13H,4,12H2,1-2H3. The van der Waals surface area contributed by atoms with Crippen molar-refractivity contribution < 1.29 is 14.6 Å². The molecule has 0 amide bonds. The summed E-state index contributed by atoms with van der Waals surface area (Å²) in [7, 11) is 0. The first-order valence-corrected chi connectivity index (χ1v) is 5.31. The van der Waals surface area contributed by atoms with Crippen molar-refractivity contribution in [3.8, 4) is 17.2 Å². The highest BCUT2D eigenvalue weighted by atomic mass is 79.9. The summed E-state index contributed by atoms with van der Waals surface area (Å²) in [5, 5.41) is 9.93. The molecular weight excluding hydrogens is 262 g/mol. The Morgan fingerprint density at radius 3 is 2.73 bits per heavy atom. The van der Waals surface area contributed by atoms with Gasteiger partial charge in [0.1, 0.15) is 10.2 Å². The zero-order chi connectivity index (χ0) is 11.2. The molecule has 0 atom stereocenters. The summed E-state index contributed by atoms with van der Waals surface area (Å²) in [6.45, 7) is 3.80. The Hall–Kier alpha value is -0.940. The van der Waals surface area contributed by atoms with E-state index in [0.717, 1.165) is 0 Å². The quantitative estimate of drug-likeness (QED) is 0.822. The maximum atomic E-state index is 9.93. The lowest BCUT2D eigenvalue weighted by molar-refractivity contribution is 0.173. The van der Waals surface area contributed by atoms with Crippen molar-refractivity contribution in [3.05, 3.63) is 16.1 Å². The molecule has 0 spiro atoms. The number of ether oxygens (including phenoxy) is 2. The number of hydrogen-bond acceptors (Lipinski definition) is 4. The summed E-state index contributed by atoms with van der Waals surface area (Å²) in [5.74, 6) is 1.24. The van der Waals surface area contributed by atoms with Gasteiger partial charge in [0.05, 0.1) is 0 Å². The first-order chi connectivity index (χ1) is 6.91. The van der Waals surface area contributed by atoms with Crippen molar-refractivity contribution in [1.29, 1.82) is 0 Å². The van der Waals surface area contributed by atoms with Crippen LogP contribution < -0.4 is 15.2 Å². The van der Waals surface area contributed by atoms with Crippen LogP contribution in [0.25, 0.3) is 0 Å². The number of benzene rings is 1. The van der Waals surface area contributed by atoms with Crippen LogP contribution in [0.15, 0.2) is 10.5 Å². The highest BCUT2D eigenvalue weighted by molar-refractivity contribution is 9.10. The molecule has 0 saturated carbocycles. The van der Waals surface area contributed by atoms with Gasteiger partial charge in [0, 0.05) is 11.1 Å². The minimum absolute atomic E-state index is 0.103. The Kier molecular flexibility index (Phi) is 2.31. The average Bonchev–Trinajstić information content (AvgIpc) is 2.57. The Morgan fingerprint density at radius 2 is 2.13 bits per heavy atom. The zero-order valence-electron chi connectivity index (χ0n) is 8.50. The van der Waals surface area contributed by atoms with Crippen molar-refractivity contribution in [3.63, 3.8) is 0 Å². The Balaban J connectivity index is 2.64. The average molecular weight is 274 g/mol. The van der Waals surface area contributed by atoms with Crippen LogP contribution in [0, 0.1) is 0 Å². The van der Waals surface area contributed by atoms with Crippen LogP contribution in [0.1, 0.15) is 19.4 Å². The predicted octanol–water partition coefficient (Wildman–Crippen LogP) is 2.08. The summed E-state index contributed by atoms with van der Waals surface area (Å²) in [4.78, 5) is 0. The molecule has 1 aliphatic rings. The van der Waals surface area contributed by atoms with E-state index in [2.05, 4.69) is 15.9 Å². The Morgan fingerprint density at radius 1 is 1.47 bits per heavy atom. The predicted molar refractivity (Wildman–Crippen MR) is 59.1 cm³/mol. The van der Waals surface area contributed by atoms with Gasteiger partial charge in [-0.2, -0.15) is 0 Å². The van der Waals surface area contributed by atoms with Gasteiger partial charge < -0.3 is 20.3 Å². The van der Waals surface area contributed by atoms with Crippen LogP contribution >= 0.6 is 15.9 Å². The molecule has 0 saturated heterocycles. The molecule has 0 fully saturated rings. The van der Waals surface area contributed by atoms with E-state index < -0.39 is 5.54 Å². The van der Waals surface area contributed by atoms with Gasteiger partial charge in [-0.3, -0.25) is 0 Å². The highest BCUT2D eigenvalue weighted by Crippen LogP contribution is 2.48. The molecular formula is C10H12BrNO3. The summed E-state index contributed by atoms with van der Waals surface area (Å²) in [5.41, 5.74) is 5.94. The number of phenols is 1. The molecule has 82 valence electrons. The molecule has 1 heterocycles. The van der Waals surface area contributed by atoms with Crippen LogP contribution in [0.4, 0.5) is 0 Å². The van der Waals surface area contributed by atoms with E-state index in [4.69, 9.17) is 15.2 Å². The van der Waals surface area contributed by atoms with Crippen molar-refractivity contribution in [2.24, 2.45) is 5.73 Å². The van der Waals surface area contributed by atoms with Gasteiger partial charge in [0.15, 0.2) is 11.5 Å². The van der Waals surface area contributed by atoms with Gasteiger partial charge in [0.2, 0.25) is 6.79 Å². The second-order valence-corrected chi connectivity index (χ2v) is 4.84. The lowest BCUT2D eigenvalue weighted by Gasteiger charge is -2.21. The third-order valence-electron chi connectivity index (χ3n) is 2.27. The van der Waals surface area contributed by atoms with Gasteiger partial charge >= 0.3 is 0 Å². The van der Waals surface area contributed by atoms with E-state index in [1.807, 2.05) is 13.8 Å². The molecule has 2 rings (SSSR count). The second kappa shape index (κ2) is 3.28. The van der Waals surface area contributed by atoms with Gasteiger partial charge in [-0.25, -0.2) is 0 Å². The lowest BCUT2D eigenvalue weighted by Crippen LogP contribution is -2.28. The largest absolute Gasteiger partial charge is 0.506 e. The van der Waals surface area contributed by atoms with Crippen LogP contribution in [-0.2, 0) is 5.54 Å². The van der Waals surface area contributed by atoms with Crippen LogP contribution in [0.5, 0.6) is 17.2 Å². The zero-order valence-corrected chi connectivity index (χ0v) is 10.1. The van der Waals surface area contributed by atoms with Gasteiger partial charge in [-0.05, 0) is 35.8 Å². The fraction of sp³-hybridized carbons (Fsp3) is 0.400.